The van der Waals surface area contributed by atoms with Gasteiger partial charge in [-0.05, 0) is 80.9 Å². The van der Waals surface area contributed by atoms with Crippen molar-refractivity contribution in [1.29, 1.82) is 0 Å². The van der Waals surface area contributed by atoms with Crippen LogP contribution in [0.5, 0.6) is 0 Å². The van der Waals surface area contributed by atoms with Crippen LogP contribution >= 0.6 is 0 Å². The molecule has 1 aromatic heterocycles. The molecule has 10 aromatic rings. The number of fused-ring (bicyclic) bond motifs is 5. The van der Waals surface area contributed by atoms with E-state index >= 15 is 0 Å². The molecule has 2 heteroatoms. The van der Waals surface area contributed by atoms with Crippen LogP contribution in [-0.4, -0.2) is 0 Å². The molecule has 0 N–H and O–H groups in total. The highest BCUT2D eigenvalue weighted by Gasteiger charge is 2.22. The topological polar surface area (TPSA) is 16.4 Å². The highest BCUT2D eigenvalue weighted by molar-refractivity contribution is 6.22. The first-order valence-electron chi connectivity index (χ1n) is 18.4. The Balaban J connectivity index is 1.17. The van der Waals surface area contributed by atoms with Crippen LogP contribution in [-0.2, 0) is 0 Å². The SMILES string of the molecule is c1ccc(-c2ccc(-c3ccc(N(c4cccc(-c5ccccc5)c4)c4cc5c(oc6cccc(-c7ccccc7)c65)c5ccccc45)cc3)cc2)cc1. The summed E-state index contributed by atoms with van der Waals surface area (Å²) in [5, 5.41) is 4.42. The Kier molecular flexibility index (Phi) is 7.85. The Morgan fingerprint density at radius 2 is 0.815 bits per heavy atom. The van der Waals surface area contributed by atoms with Crippen molar-refractivity contribution in [2.75, 3.05) is 4.90 Å². The van der Waals surface area contributed by atoms with Gasteiger partial charge in [-0.2, -0.15) is 0 Å². The van der Waals surface area contributed by atoms with Gasteiger partial charge in [0.25, 0.3) is 0 Å². The average Bonchev–Trinajstić information content (AvgIpc) is 3.64. The van der Waals surface area contributed by atoms with E-state index in [1.807, 2.05) is 0 Å². The number of hydrogen-bond donors (Lipinski definition) is 0. The molecule has 0 unspecified atom stereocenters. The minimum atomic E-state index is 0.883. The maximum Gasteiger partial charge on any atom is 0.143 e. The summed E-state index contributed by atoms with van der Waals surface area (Å²) in [4.78, 5) is 2.40. The van der Waals surface area contributed by atoms with Gasteiger partial charge in [0.15, 0.2) is 0 Å². The standard InChI is InChI=1S/C52H35NO/c1-4-14-36(15-5-1)38-26-28-39(29-27-38)40-30-32-43(33-31-40)53(44-21-12-20-42(34-44)37-16-6-2-7-17-37)49-35-48-51-45(41-18-8-3-9-19-41)24-13-25-50(51)54-52(48)47-23-11-10-22-46(47)49/h1-35H. The smallest absolute Gasteiger partial charge is 0.143 e. The van der Waals surface area contributed by atoms with Gasteiger partial charge >= 0.3 is 0 Å². The van der Waals surface area contributed by atoms with Crippen molar-refractivity contribution in [3.8, 4) is 44.5 Å². The monoisotopic (exact) mass is 689 g/mol. The summed E-state index contributed by atoms with van der Waals surface area (Å²) in [6.07, 6.45) is 0. The molecule has 0 bridgehead atoms. The predicted octanol–water partition coefficient (Wildman–Crippen LogP) is 14.9. The van der Waals surface area contributed by atoms with Gasteiger partial charge in [0.1, 0.15) is 11.2 Å². The molecule has 0 atom stereocenters. The number of benzene rings is 9. The zero-order valence-corrected chi connectivity index (χ0v) is 29.6. The van der Waals surface area contributed by atoms with E-state index in [-0.39, 0.29) is 0 Å². The number of nitrogens with zero attached hydrogens (tertiary/aromatic N) is 1. The molecule has 1 heterocycles. The van der Waals surface area contributed by atoms with E-state index in [4.69, 9.17) is 4.42 Å². The highest BCUT2D eigenvalue weighted by Crippen LogP contribution is 2.47. The van der Waals surface area contributed by atoms with Crippen molar-refractivity contribution in [2.24, 2.45) is 0 Å². The summed E-state index contributed by atoms with van der Waals surface area (Å²) < 4.78 is 6.73. The van der Waals surface area contributed by atoms with Crippen molar-refractivity contribution >= 4 is 49.8 Å². The molecule has 9 aromatic carbocycles. The molecule has 0 aliphatic carbocycles. The minimum absolute atomic E-state index is 0.883. The first kappa shape index (κ1) is 31.6. The van der Waals surface area contributed by atoms with E-state index in [0.29, 0.717) is 0 Å². The van der Waals surface area contributed by atoms with E-state index in [1.54, 1.807) is 0 Å². The molecule has 10 rings (SSSR count). The summed E-state index contributed by atoms with van der Waals surface area (Å²) in [5.74, 6) is 0. The number of furan rings is 1. The van der Waals surface area contributed by atoms with Gasteiger partial charge in [0, 0.05) is 32.9 Å². The largest absolute Gasteiger partial charge is 0.455 e. The fourth-order valence-corrected chi connectivity index (χ4v) is 7.84. The zero-order chi connectivity index (χ0) is 35.8. The van der Waals surface area contributed by atoms with Gasteiger partial charge in [-0.1, -0.05) is 176 Å². The second-order valence-corrected chi connectivity index (χ2v) is 13.7. The maximum atomic E-state index is 6.73. The number of rotatable bonds is 7. The Hall–Kier alpha value is -7.16. The van der Waals surface area contributed by atoms with Crippen LogP contribution < -0.4 is 4.90 Å². The van der Waals surface area contributed by atoms with Crippen molar-refractivity contribution in [3.63, 3.8) is 0 Å². The van der Waals surface area contributed by atoms with Gasteiger partial charge in [0.05, 0.1) is 5.69 Å². The van der Waals surface area contributed by atoms with E-state index in [9.17, 15) is 0 Å². The quantitative estimate of drug-likeness (QED) is 0.166. The van der Waals surface area contributed by atoms with Crippen LogP contribution in [0.25, 0.3) is 77.2 Å². The van der Waals surface area contributed by atoms with Crippen LogP contribution in [0, 0.1) is 0 Å². The fourth-order valence-electron chi connectivity index (χ4n) is 7.84. The van der Waals surface area contributed by atoms with Crippen molar-refractivity contribution < 1.29 is 4.42 Å². The molecule has 0 saturated heterocycles. The van der Waals surface area contributed by atoms with Crippen LogP contribution in [0.4, 0.5) is 17.1 Å². The average molecular weight is 690 g/mol. The van der Waals surface area contributed by atoms with Crippen molar-refractivity contribution in [2.45, 2.75) is 0 Å². The van der Waals surface area contributed by atoms with Crippen LogP contribution in [0.1, 0.15) is 0 Å². The Bertz CT molecular complexity index is 2890. The maximum absolute atomic E-state index is 6.73. The zero-order valence-electron chi connectivity index (χ0n) is 29.6. The van der Waals surface area contributed by atoms with Crippen molar-refractivity contribution in [3.05, 3.63) is 212 Å². The molecule has 0 saturated carbocycles. The lowest BCUT2D eigenvalue weighted by atomic mass is 9.96. The first-order valence-corrected chi connectivity index (χ1v) is 18.4. The number of hydrogen-bond acceptors (Lipinski definition) is 2. The third-order valence-electron chi connectivity index (χ3n) is 10.5. The van der Waals surface area contributed by atoms with Crippen LogP contribution in [0.3, 0.4) is 0 Å². The van der Waals surface area contributed by atoms with Crippen molar-refractivity contribution in [1.82, 2.24) is 0 Å². The molecule has 0 aliphatic rings. The number of anilines is 3. The Labute approximate surface area is 314 Å². The van der Waals surface area contributed by atoms with E-state index in [2.05, 4.69) is 217 Å². The van der Waals surface area contributed by atoms with Gasteiger partial charge in [-0.3, -0.25) is 0 Å². The highest BCUT2D eigenvalue weighted by atomic mass is 16.3. The molecule has 0 fully saturated rings. The van der Waals surface area contributed by atoms with Gasteiger partial charge in [0.2, 0.25) is 0 Å². The fraction of sp³-hybridized carbons (Fsp3) is 0. The Morgan fingerprint density at radius 1 is 0.315 bits per heavy atom. The second kappa shape index (κ2) is 13.4. The lowest BCUT2D eigenvalue weighted by Crippen LogP contribution is -2.10. The van der Waals surface area contributed by atoms with E-state index < -0.39 is 0 Å². The lowest BCUT2D eigenvalue weighted by molar-refractivity contribution is 0.673. The van der Waals surface area contributed by atoms with Crippen LogP contribution in [0.2, 0.25) is 0 Å². The summed E-state index contributed by atoms with van der Waals surface area (Å²) in [6.45, 7) is 0. The molecule has 0 radical (unpaired) electrons. The second-order valence-electron chi connectivity index (χ2n) is 13.7. The molecule has 0 spiro atoms. The minimum Gasteiger partial charge on any atom is -0.455 e. The lowest BCUT2D eigenvalue weighted by Gasteiger charge is -2.28. The van der Waals surface area contributed by atoms with Gasteiger partial charge in [-0.25, -0.2) is 0 Å². The van der Waals surface area contributed by atoms with E-state index in [0.717, 1.165) is 55.3 Å². The molecule has 254 valence electrons. The first-order chi connectivity index (χ1) is 26.8. The third-order valence-corrected chi connectivity index (χ3v) is 10.5. The molecular weight excluding hydrogens is 655 g/mol. The summed E-state index contributed by atoms with van der Waals surface area (Å²) in [7, 11) is 0. The Morgan fingerprint density at radius 3 is 1.46 bits per heavy atom. The molecule has 0 aliphatic heterocycles. The predicted molar refractivity (Wildman–Crippen MR) is 228 cm³/mol. The molecule has 54 heavy (non-hydrogen) atoms. The molecule has 0 amide bonds. The molecule has 2 nitrogen and oxygen atoms in total. The van der Waals surface area contributed by atoms with E-state index in [1.165, 1.54) is 38.9 Å². The third kappa shape index (κ3) is 5.62. The summed E-state index contributed by atoms with van der Waals surface area (Å²) in [6, 6.07) is 75.8. The summed E-state index contributed by atoms with van der Waals surface area (Å²) in [5.41, 5.74) is 14.5. The van der Waals surface area contributed by atoms with Gasteiger partial charge in [-0.15, -0.1) is 0 Å². The normalized spacial score (nSPS) is 11.3. The van der Waals surface area contributed by atoms with Crippen LogP contribution in [0.15, 0.2) is 217 Å². The summed E-state index contributed by atoms with van der Waals surface area (Å²) >= 11 is 0. The molecular formula is C52H35NO. The van der Waals surface area contributed by atoms with Gasteiger partial charge < -0.3 is 9.32 Å².